The van der Waals surface area contributed by atoms with E-state index in [4.69, 9.17) is 4.74 Å². The maximum Gasteiger partial charge on any atom is 0.411 e. The van der Waals surface area contributed by atoms with Crippen molar-refractivity contribution in [2.45, 2.75) is 45.4 Å². The summed E-state index contributed by atoms with van der Waals surface area (Å²) in [4.78, 5) is 41.5. The molecule has 2 aliphatic rings. The highest BCUT2D eigenvalue weighted by atomic mass is 19.1. The molecule has 2 aliphatic heterocycles. The smallest absolute Gasteiger partial charge is 0.411 e. The normalized spacial score (nSPS) is 20.3. The van der Waals surface area contributed by atoms with Crippen molar-refractivity contribution in [1.29, 1.82) is 0 Å². The van der Waals surface area contributed by atoms with E-state index in [-0.39, 0.29) is 30.1 Å². The molecule has 0 saturated carbocycles. The summed E-state index contributed by atoms with van der Waals surface area (Å²) in [6.45, 7) is 5.07. The lowest BCUT2D eigenvalue weighted by Gasteiger charge is -2.28. The van der Waals surface area contributed by atoms with E-state index in [1.54, 1.807) is 41.3 Å². The summed E-state index contributed by atoms with van der Waals surface area (Å²) in [5.74, 6) is -0.761. The number of halogens is 1. The van der Waals surface area contributed by atoms with Crippen molar-refractivity contribution < 1.29 is 23.5 Å². The lowest BCUT2D eigenvalue weighted by Crippen LogP contribution is -2.47. The Hall–Kier alpha value is -3.42. The van der Waals surface area contributed by atoms with E-state index in [2.05, 4.69) is 5.32 Å². The van der Waals surface area contributed by atoms with Gasteiger partial charge in [-0.3, -0.25) is 14.5 Å². The lowest BCUT2D eigenvalue weighted by atomic mass is 9.99. The summed E-state index contributed by atoms with van der Waals surface area (Å²) < 4.78 is 19.0. The SMILES string of the molecule is CC(C)C(=O)Nc1ccc(C2OC(=O)N(Cc3ccc(F)cc3)C2C(=O)N2CCCC2)cc1. The molecule has 2 unspecified atom stereocenters. The van der Waals surface area contributed by atoms with Crippen LogP contribution >= 0.6 is 0 Å². The molecule has 2 saturated heterocycles. The molecule has 8 heteroatoms. The minimum Gasteiger partial charge on any atom is -0.438 e. The second-order valence-electron chi connectivity index (χ2n) is 8.80. The number of ether oxygens (including phenoxy) is 1. The largest absolute Gasteiger partial charge is 0.438 e. The molecule has 3 amide bonds. The third-order valence-corrected chi connectivity index (χ3v) is 6.05. The molecule has 2 aromatic carbocycles. The summed E-state index contributed by atoms with van der Waals surface area (Å²) in [5.41, 5.74) is 2.01. The number of carbonyl (C=O) groups excluding carboxylic acids is 3. The number of carbonyl (C=O) groups is 3. The fourth-order valence-corrected chi connectivity index (χ4v) is 4.15. The molecule has 0 aliphatic carbocycles. The number of rotatable bonds is 6. The molecule has 0 spiro atoms. The van der Waals surface area contributed by atoms with E-state index in [0.29, 0.717) is 29.9 Å². The van der Waals surface area contributed by atoms with Gasteiger partial charge in [0, 0.05) is 24.7 Å². The number of nitrogens with zero attached hydrogens (tertiary/aromatic N) is 2. The summed E-state index contributed by atoms with van der Waals surface area (Å²) >= 11 is 0. The number of amides is 3. The monoisotopic (exact) mass is 453 g/mol. The maximum atomic E-state index is 13.5. The Kier molecular flexibility index (Phi) is 6.62. The van der Waals surface area contributed by atoms with Crippen LogP contribution in [0.2, 0.25) is 0 Å². The molecule has 2 heterocycles. The Bertz CT molecular complexity index is 1020. The standard InChI is InChI=1S/C25H28FN3O4/c1-16(2)23(30)27-20-11-7-18(8-12-20)22-21(24(31)28-13-3-4-14-28)29(25(32)33-22)15-17-5-9-19(26)10-6-17/h5-12,16,21-22H,3-4,13-15H2,1-2H3,(H,27,30). The maximum absolute atomic E-state index is 13.5. The van der Waals surface area contributed by atoms with Crippen molar-refractivity contribution in [3.8, 4) is 0 Å². The first-order valence-electron chi connectivity index (χ1n) is 11.2. The van der Waals surface area contributed by atoms with E-state index in [0.717, 1.165) is 12.8 Å². The zero-order chi connectivity index (χ0) is 23.5. The van der Waals surface area contributed by atoms with Gasteiger partial charge in [-0.25, -0.2) is 9.18 Å². The Morgan fingerprint density at radius 2 is 1.70 bits per heavy atom. The van der Waals surface area contributed by atoms with E-state index in [1.165, 1.54) is 17.0 Å². The van der Waals surface area contributed by atoms with E-state index in [9.17, 15) is 18.8 Å². The van der Waals surface area contributed by atoms with Gasteiger partial charge in [-0.15, -0.1) is 0 Å². The van der Waals surface area contributed by atoms with Gasteiger partial charge in [-0.1, -0.05) is 38.1 Å². The average molecular weight is 454 g/mol. The molecule has 2 aromatic rings. The highest BCUT2D eigenvalue weighted by Crippen LogP contribution is 2.36. The number of nitrogens with one attached hydrogen (secondary N) is 1. The van der Waals surface area contributed by atoms with Gasteiger partial charge in [-0.05, 0) is 48.2 Å². The topological polar surface area (TPSA) is 79.0 Å². The number of benzene rings is 2. The number of cyclic esters (lactones) is 1. The summed E-state index contributed by atoms with van der Waals surface area (Å²) in [5, 5.41) is 2.83. The predicted molar refractivity (Wildman–Crippen MR) is 121 cm³/mol. The van der Waals surface area contributed by atoms with Gasteiger partial charge >= 0.3 is 6.09 Å². The predicted octanol–water partition coefficient (Wildman–Crippen LogP) is 4.10. The van der Waals surface area contributed by atoms with Crippen LogP contribution in [-0.2, 0) is 20.9 Å². The quantitative estimate of drug-likeness (QED) is 0.714. The second kappa shape index (κ2) is 9.60. The molecule has 4 rings (SSSR count). The molecule has 33 heavy (non-hydrogen) atoms. The van der Waals surface area contributed by atoms with Crippen molar-refractivity contribution in [1.82, 2.24) is 9.80 Å². The number of anilines is 1. The van der Waals surface area contributed by atoms with Gasteiger partial charge < -0.3 is 15.0 Å². The fraction of sp³-hybridized carbons (Fsp3) is 0.400. The molecule has 2 fully saturated rings. The van der Waals surface area contributed by atoms with Crippen LogP contribution in [0, 0.1) is 11.7 Å². The van der Waals surface area contributed by atoms with Crippen molar-refractivity contribution in [2.24, 2.45) is 5.92 Å². The van der Waals surface area contributed by atoms with Crippen LogP contribution in [0.1, 0.15) is 43.9 Å². The molecule has 0 aromatic heterocycles. The highest BCUT2D eigenvalue weighted by Gasteiger charge is 2.48. The van der Waals surface area contributed by atoms with Crippen molar-refractivity contribution in [2.75, 3.05) is 18.4 Å². The third kappa shape index (κ3) is 4.99. The van der Waals surface area contributed by atoms with Gasteiger partial charge in [0.1, 0.15) is 5.82 Å². The molecule has 1 N–H and O–H groups in total. The Morgan fingerprint density at radius 1 is 1.06 bits per heavy atom. The minimum atomic E-state index is -0.822. The molecule has 7 nitrogen and oxygen atoms in total. The van der Waals surface area contributed by atoms with Crippen LogP contribution in [0.3, 0.4) is 0 Å². The van der Waals surface area contributed by atoms with Gasteiger partial charge in [0.05, 0.1) is 6.54 Å². The first-order chi connectivity index (χ1) is 15.8. The van der Waals surface area contributed by atoms with Crippen LogP contribution in [0.15, 0.2) is 48.5 Å². The first kappa shape index (κ1) is 22.8. The van der Waals surface area contributed by atoms with E-state index < -0.39 is 18.2 Å². The fourth-order valence-electron chi connectivity index (χ4n) is 4.15. The van der Waals surface area contributed by atoms with Crippen LogP contribution in [-0.4, -0.2) is 46.8 Å². The van der Waals surface area contributed by atoms with Crippen molar-refractivity contribution in [3.63, 3.8) is 0 Å². The van der Waals surface area contributed by atoms with E-state index >= 15 is 0 Å². The minimum absolute atomic E-state index is 0.0948. The Morgan fingerprint density at radius 3 is 2.30 bits per heavy atom. The Labute approximate surface area is 192 Å². The van der Waals surface area contributed by atoms with Gasteiger partial charge in [0.25, 0.3) is 0 Å². The summed E-state index contributed by atoms with van der Waals surface area (Å²) in [7, 11) is 0. The van der Waals surface area contributed by atoms with Gasteiger partial charge in [0.2, 0.25) is 11.8 Å². The van der Waals surface area contributed by atoms with Crippen LogP contribution in [0.25, 0.3) is 0 Å². The van der Waals surface area contributed by atoms with Crippen LogP contribution < -0.4 is 5.32 Å². The zero-order valence-corrected chi connectivity index (χ0v) is 18.8. The van der Waals surface area contributed by atoms with E-state index in [1.807, 2.05) is 13.8 Å². The third-order valence-electron chi connectivity index (χ3n) is 6.05. The summed E-state index contributed by atoms with van der Waals surface area (Å²) in [6.07, 6.45) is 0.500. The van der Waals surface area contributed by atoms with Gasteiger partial charge in [-0.2, -0.15) is 0 Å². The highest BCUT2D eigenvalue weighted by molar-refractivity contribution is 5.92. The average Bonchev–Trinajstić information content (AvgIpc) is 3.44. The number of hydrogen-bond acceptors (Lipinski definition) is 4. The molecule has 2 atom stereocenters. The van der Waals surface area contributed by atoms with Crippen LogP contribution in [0.5, 0.6) is 0 Å². The van der Waals surface area contributed by atoms with Crippen LogP contribution in [0.4, 0.5) is 14.9 Å². The molecular formula is C25H28FN3O4. The van der Waals surface area contributed by atoms with Crippen molar-refractivity contribution >= 4 is 23.6 Å². The number of hydrogen-bond donors (Lipinski definition) is 1. The summed E-state index contributed by atoms with van der Waals surface area (Å²) in [6, 6.07) is 12.0. The Balaban J connectivity index is 1.60. The zero-order valence-electron chi connectivity index (χ0n) is 18.8. The second-order valence-corrected chi connectivity index (χ2v) is 8.80. The molecule has 0 radical (unpaired) electrons. The van der Waals surface area contributed by atoms with Gasteiger partial charge in [0.15, 0.2) is 12.1 Å². The molecule has 174 valence electrons. The number of likely N-dealkylation sites (tertiary alicyclic amines) is 1. The lowest BCUT2D eigenvalue weighted by molar-refractivity contribution is -0.135. The first-order valence-corrected chi connectivity index (χ1v) is 11.2. The molecular weight excluding hydrogens is 425 g/mol. The van der Waals surface area contributed by atoms with Crippen molar-refractivity contribution in [3.05, 3.63) is 65.5 Å². The molecule has 0 bridgehead atoms.